The Morgan fingerprint density at radius 3 is 2.44 bits per heavy atom. The summed E-state index contributed by atoms with van der Waals surface area (Å²) in [5, 5.41) is 4.65. The maximum Gasteiger partial charge on any atom is 0.321 e. The van der Waals surface area contributed by atoms with Gasteiger partial charge in [-0.05, 0) is 18.8 Å². The topological polar surface area (TPSA) is 61.4 Å². The van der Waals surface area contributed by atoms with Crippen molar-refractivity contribution in [3.8, 4) is 0 Å². The molecule has 0 saturated heterocycles. The Morgan fingerprint density at radius 1 is 1.38 bits per heavy atom. The molecule has 1 fully saturated rings. The summed E-state index contributed by atoms with van der Waals surface area (Å²) in [6.45, 7) is 5.49. The molecule has 0 aliphatic heterocycles. The van der Waals surface area contributed by atoms with Crippen LogP contribution in [0.25, 0.3) is 0 Å². The normalized spacial score (nSPS) is 15.3. The van der Waals surface area contributed by atoms with Crippen LogP contribution in [0.3, 0.4) is 0 Å². The third-order valence-electron chi connectivity index (χ3n) is 2.49. The van der Waals surface area contributed by atoms with Crippen LogP contribution < -0.4 is 10.6 Å². The molecule has 0 spiro atoms. The fourth-order valence-electron chi connectivity index (χ4n) is 1.66. The average Bonchev–Trinajstić information content (AvgIpc) is 2.98. The van der Waals surface area contributed by atoms with E-state index in [0.29, 0.717) is 18.5 Å². The highest BCUT2D eigenvalue weighted by molar-refractivity contribution is 5.95. The predicted octanol–water partition coefficient (Wildman–Crippen LogP) is 0.562. The quantitative estimate of drug-likeness (QED) is 0.721. The number of amides is 3. The van der Waals surface area contributed by atoms with E-state index in [1.807, 2.05) is 0 Å². The van der Waals surface area contributed by atoms with Crippen molar-refractivity contribution in [1.29, 1.82) is 0 Å². The van der Waals surface area contributed by atoms with Gasteiger partial charge >= 0.3 is 6.03 Å². The third-order valence-corrected chi connectivity index (χ3v) is 2.49. The number of carbonyl (C=O) groups excluding carboxylic acids is 2. The Bertz CT molecular complexity index is 262. The standard InChI is InChI=1S/C11H21N3O2/c1-8(2)6-14(9-4-5-9)7-10(15)13-11(16)12-3/h8-9H,4-7H2,1-3H3,(H2,12,13,15,16). The maximum absolute atomic E-state index is 11.5. The molecular formula is C11H21N3O2. The SMILES string of the molecule is CNC(=O)NC(=O)CN(CC(C)C)C1CC1. The third kappa shape index (κ3) is 4.61. The van der Waals surface area contributed by atoms with E-state index >= 15 is 0 Å². The summed E-state index contributed by atoms with van der Waals surface area (Å²) in [7, 11) is 1.50. The van der Waals surface area contributed by atoms with Crippen LogP contribution in [-0.4, -0.2) is 43.0 Å². The van der Waals surface area contributed by atoms with E-state index in [1.165, 1.54) is 19.9 Å². The number of rotatable bonds is 5. The smallest absolute Gasteiger partial charge is 0.321 e. The summed E-state index contributed by atoms with van der Waals surface area (Å²) in [5.74, 6) is 0.306. The molecule has 5 nitrogen and oxygen atoms in total. The minimum atomic E-state index is -0.440. The van der Waals surface area contributed by atoms with Gasteiger partial charge in [0, 0.05) is 19.6 Å². The summed E-state index contributed by atoms with van der Waals surface area (Å²) in [5.41, 5.74) is 0. The van der Waals surface area contributed by atoms with Gasteiger partial charge in [0.1, 0.15) is 0 Å². The first kappa shape index (κ1) is 13.0. The monoisotopic (exact) mass is 227 g/mol. The zero-order valence-electron chi connectivity index (χ0n) is 10.2. The average molecular weight is 227 g/mol. The molecule has 1 saturated carbocycles. The molecule has 0 bridgehead atoms. The number of nitrogens with zero attached hydrogens (tertiary/aromatic N) is 1. The molecule has 16 heavy (non-hydrogen) atoms. The number of imide groups is 1. The lowest BCUT2D eigenvalue weighted by molar-refractivity contribution is -0.121. The van der Waals surface area contributed by atoms with Gasteiger partial charge in [-0.1, -0.05) is 13.8 Å². The number of carbonyl (C=O) groups is 2. The molecule has 0 aromatic rings. The van der Waals surface area contributed by atoms with E-state index in [2.05, 4.69) is 29.4 Å². The van der Waals surface area contributed by atoms with Crippen molar-refractivity contribution in [2.24, 2.45) is 5.92 Å². The van der Waals surface area contributed by atoms with Crippen LogP contribution >= 0.6 is 0 Å². The van der Waals surface area contributed by atoms with Gasteiger partial charge in [-0.3, -0.25) is 15.0 Å². The summed E-state index contributed by atoms with van der Waals surface area (Å²) in [4.78, 5) is 24.6. The van der Waals surface area contributed by atoms with E-state index in [1.54, 1.807) is 0 Å². The van der Waals surface area contributed by atoms with Crippen LogP contribution in [0, 0.1) is 5.92 Å². The highest BCUT2D eigenvalue weighted by Gasteiger charge is 2.30. The van der Waals surface area contributed by atoms with Crippen molar-refractivity contribution >= 4 is 11.9 Å². The molecule has 0 atom stereocenters. The molecule has 3 amide bonds. The molecule has 1 aliphatic carbocycles. The second-order valence-corrected chi connectivity index (χ2v) is 4.68. The fourth-order valence-corrected chi connectivity index (χ4v) is 1.66. The van der Waals surface area contributed by atoms with Gasteiger partial charge in [0.2, 0.25) is 5.91 Å². The minimum Gasteiger partial charge on any atom is -0.341 e. The molecule has 2 N–H and O–H groups in total. The second kappa shape index (κ2) is 5.84. The van der Waals surface area contributed by atoms with Gasteiger partial charge in [-0.2, -0.15) is 0 Å². The summed E-state index contributed by atoms with van der Waals surface area (Å²) in [6.07, 6.45) is 2.33. The second-order valence-electron chi connectivity index (χ2n) is 4.68. The van der Waals surface area contributed by atoms with E-state index in [9.17, 15) is 9.59 Å². The first-order valence-corrected chi connectivity index (χ1v) is 5.78. The van der Waals surface area contributed by atoms with Crippen LogP contribution in [0.2, 0.25) is 0 Å². The Labute approximate surface area is 96.6 Å². The molecule has 0 unspecified atom stereocenters. The lowest BCUT2D eigenvalue weighted by atomic mass is 10.2. The Kier molecular flexibility index (Phi) is 4.73. The Morgan fingerprint density at radius 2 is 2.00 bits per heavy atom. The highest BCUT2D eigenvalue weighted by atomic mass is 16.2. The Hall–Kier alpha value is -1.10. The molecule has 92 valence electrons. The number of hydrogen-bond donors (Lipinski definition) is 2. The zero-order chi connectivity index (χ0) is 12.1. The molecule has 5 heteroatoms. The van der Waals surface area contributed by atoms with E-state index in [0.717, 1.165) is 6.54 Å². The first-order chi connectivity index (χ1) is 7.52. The van der Waals surface area contributed by atoms with Crippen molar-refractivity contribution in [1.82, 2.24) is 15.5 Å². The number of nitrogens with one attached hydrogen (secondary N) is 2. The molecule has 1 aliphatic rings. The van der Waals surface area contributed by atoms with Gasteiger partial charge < -0.3 is 5.32 Å². The molecular weight excluding hydrogens is 206 g/mol. The van der Waals surface area contributed by atoms with Crippen LogP contribution in [-0.2, 0) is 4.79 Å². The van der Waals surface area contributed by atoms with E-state index in [-0.39, 0.29) is 5.91 Å². The van der Waals surface area contributed by atoms with E-state index in [4.69, 9.17) is 0 Å². The minimum absolute atomic E-state index is 0.230. The maximum atomic E-state index is 11.5. The molecule has 0 heterocycles. The fraction of sp³-hybridized carbons (Fsp3) is 0.818. The van der Waals surface area contributed by atoms with Crippen molar-refractivity contribution in [3.63, 3.8) is 0 Å². The van der Waals surface area contributed by atoms with Gasteiger partial charge in [-0.15, -0.1) is 0 Å². The van der Waals surface area contributed by atoms with Crippen molar-refractivity contribution in [2.45, 2.75) is 32.7 Å². The first-order valence-electron chi connectivity index (χ1n) is 5.78. The molecule has 0 aromatic carbocycles. The van der Waals surface area contributed by atoms with Crippen molar-refractivity contribution in [3.05, 3.63) is 0 Å². The Balaban J connectivity index is 2.35. The van der Waals surface area contributed by atoms with Gasteiger partial charge in [0.25, 0.3) is 0 Å². The predicted molar refractivity (Wildman–Crippen MR) is 62.0 cm³/mol. The lowest BCUT2D eigenvalue weighted by Crippen LogP contribution is -2.44. The van der Waals surface area contributed by atoms with Crippen molar-refractivity contribution < 1.29 is 9.59 Å². The summed E-state index contributed by atoms with van der Waals surface area (Å²) < 4.78 is 0. The van der Waals surface area contributed by atoms with Crippen LogP contribution in [0.5, 0.6) is 0 Å². The summed E-state index contributed by atoms with van der Waals surface area (Å²) in [6, 6.07) is 0.100. The van der Waals surface area contributed by atoms with Crippen LogP contribution in [0.4, 0.5) is 4.79 Å². The van der Waals surface area contributed by atoms with Gasteiger partial charge in [-0.25, -0.2) is 4.79 Å². The van der Waals surface area contributed by atoms with Crippen LogP contribution in [0.15, 0.2) is 0 Å². The van der Waals surface area contributed by atoms with Crippen LogP contribution in [0.1, 0.15) is 26.7 Å². The zero-order valence-corrected chi connectivity index (χ0v) is 10.2. The van der Waals surface area contributed by atoms with Gasteiger partial charge in [0.05, 0.1) is 6.54 Å². The summed E-state index contributed by atoms with van der Waals surface area (Å²) >= 11 is 0. The molecule has 0 aromatic heterocycles. The molecule has 0 radical (unpaired) electrons. The number of urea groups is 1. The van der Waals surface area contributed by atoms with Crippen molar-refractivity contribution in [2.75, 3.05) is 20.1 Å². The lowest BCUT2D eigenvalue weighted by Gasteiger charge is -2.22. The highest BCUT2D eigenvalue weighted by Crippen LogP contribution is 2.27. The largest absolute Gasteiger partial charge is 0.341 e. The van der Waals surface area contributed by atoms with E-state index < -0.39 is 6.03 Å². The van der Waals surface area contributed by atoms with Gasteiger partial charge in [0.15, 0.2) is 0 Å². The molecule has 1 rings (SSSR count). The number of hydrogen-bond acceptors (Lipinski definition) is 3.